The molecule has 0 fully saturated rings. The number of unbranched alkanes of at least 4 members (excludes halogenated alkanes) is 17. The van der Waals surface area contributed by atoms with Crippen molar-refractivity contribution in [2.75, 3.05) is 33.4 Å². The maximum Gasteiger partial charge on any atom is 0.104 e. The van der Waals surface area contributed by atoms with Gasteiger partial charge in [0.15, 0.2) is 0 Å². The van der Waals surface area contributed by atoms with E-state index in [1.165, 1.54) is 151 Å². The molecule has 0 saturated carbocycles. The van der Waals surface area contributed by atoms with Gasteiger partial charge in [0, 0.05) is 15.8 Å². The Balaban J connectivity index is 1.75. The van der Waals surface area contributed by atoms with E-state index in [1.807, 2.05) is 0 Å². The second kappa shape index (κ2) is 21.9. The van der Waals surface area contributed by atoms with Gasteiger partial charge in [0.25, 0.3) is 0 Å². The molecule has 1 rings (SSSR count). The average molecular weight is 476 g/mol. The Morgan fingerprint density at radius 2 is 0.970 bits per heavy atom. The van der Waals surface area contributed by atoms with E-state index in [0.29, 0.717) is 0 Å². The van der Waals surface area contributed by atoms with Crippen molar-refractivity contribution >= 4 is 10.2 Å². The first-order valence-corrected chi connectivity index (χ1v) is 16.1. The van der Waals surface area contributed by atoms with Crippen LogP contribution in [0, 0.1) is 0 Å². The highest BCUT2D eigenvalue weighted by Crippen LogP contribution is 2.15. The largest absolute Gasteiger partial charge is 0.325 e. The number of hydrogen-bond acceptors (Lipinski definition) is 1. The van der Waals surface area contributed by atoms with Crippen LogP contribution in [0.2, 0.25) is 0 Å². The summed E-state index contributed by atoms with van der Waals surface area (Å²) in [6.07, 6.45) is 27.4. The lowest BCUT2D eigenvalue weighted by Crippen LogP contribution is -2.39. The van der Waals surface area contributed by atoms with Crippen LogP contribution in [0.5, 0.6) is 0 Å². The quantitative estimate of drug-likeness (QED) is 0.0947. The minimum absolute atomic E-state index is 1.11. The number of hydrogen-bond donors (Lipinski definition) is 1. The average Bonchev–Trinajstić information content (AvgIpc) is 2.80. The van der Waals surface area contributed by atoms with Gasteiger partial charge in [0.1, 0.15) is 6.54 Å². The van der Waals surface area contributed by atoms with E-state index in [9.17, 15) is 0 Å². The zero-order valence-electron chi connectivity index (χ0n) is 22.9. The monoisotopic (exact) mass is 475 g/mol. The van der Waals surface area contributed by atoms with E-state index in [0.717, 1.165) is 11.0 Å². The normalized spacial score (nSPS) is 11.9. The predicted molar refractivity (Wildman–Crippen MR) is 153 cm³/mol. The topological polar surface area (TPSA) is 12.0 Å². The molecule has 2 nitrogen and oxygen atoms in total. The van der Waals surface area contributed by atoms with E-state index >= 15 is 0 Å². The highest BCUT2D eigenvalue weighted by molar-refractivity contribution is 6.08. The Morgan fingerprint density at radius 3 is 1.39 bits per heavy atom. The molecule has 192 valence electrons. The lowest BCUT2D eigenvalue weighted by Gasteiger charge is -2.30. The first-order chi connectivity index (χ1) is 16.1. The molecule has 0 aliphatic rings. The summed E-state index contributed by atoms with van der Waals surface area (Å²) in [5.41, 5.74) is 1.46. The lowest BCUT2D eigenvalue weighted by molar-refractivity contribution is -0.903. The van der Waals surface area contributed by atoms with Gasteiger partial charge in [0.2, 0.25) is 0 Å². The molecule has 1 N–H and O–H groups in total. The van der Waals surface area contributed by atoms with Crippen LogP contribution in [0.4, 0.5) is 0 Å². The van der Waals surface area contributed by atoms with Crippen LogP contribution >= 0.6 is 0 Å². The first kappa shape index (κ1) is 30.4. The van der Waals surface area contributed by atoms with Crippen LogP contribution in [0.25, 0.3) is 0 Å². The SMILES string of the molecule is C[N+](C)(CCCCCCCCCCCCCCCCCCCCNC[SiH3])Cc1ccccc1. The Bertz CT molecular complexity index is 517. The van der Waals surface area contributed by atoms with Crippen LogP contribution in [0.3, 0.4) is 0 Å². The van der Waals surface area contributed by atoms with E-state index in [1.54, 1.807) is 0 Å². The zero-order valence-corrected chi connectivity index (χ0v) is 24.9. The molecule has 0 unspecified atom stereocenters. The molecule has 0 aliphatic carbocycles. The molecular formula is C30H59N2Si+. The molecule has 1 aromatic rings. The second-order valence-electron chi connectivity index (χ2n) is 11.0. The van der Waals surface area contributed by atoms with Crippen LogP contribution in [-0.2, 0) is 6.54 Å². The third-order valence-corrected chi connectivity index (χ3v) is 7.57. The Morgan fingerprint density at radius 1 is 0.576 bits per heavy atom. The van der Waals surface area contributed by atoms with E-state index in [4.69, 9.17) is 0 Å². The molecule has 0 aliphatic heterocycles. The second-order valence-corrected chi connectivity index (χ2v) is 11.7. The molecule has 3 heteroatoms. The van der Waals surface area contributed by atoms with Gasteiger partial charge in [0.05, 0.1) is 20.6 Å². The molecule has 0 amide bonds. The molecule has 0 aromatic heterocycles. The number of nitrogens with zero attached hydrogens (tertiary/aromatic N) is 1. The molecule has 0 heterocycles. The van der Waals surface area contributed by atoms with Crippen LogP contribution in [0.15, 0.2) is 30.3 Å². The van der Waals surface area contributed by atoms with Crippen LogP contribution < -0.4 is 5.32 Å². The molecule has 0 saturated heterocycles. The van der Waals surface area contributed by atoms with Gasteiger partial charge in [-0.25, -0.2) is 0 Å². The molecule has 0 spiro atoms. The third kappa shape index (κ3) is 20.4. The maximum atomic E-state index is 3.48. The van der Waals surface area contributed by atoms with Gasteiger partial charge in [-0.15, -0.1) is 0 Å². The molecule has 0 bridgehead atoms. The van der Waals surface area contributed by atoms with Crippen molar-refractivity contribution in [1.82, 2.24) is 5.32 Å². The summed E-state index contributed by atoms with van der Waals surface area (Å²) >= 11 is 0. The van der Waals surface area contributed by atoms with E-state index < -0.39 is 0 Å². The van der Waals surface area contributed by atoms with E-state index in [-0.39, 0.29) is 0 Å². The van der Waals surface area contributed by atoms with Gasteiger partial charge in [-0.2, -0.15) is 0 Å². The van der Waals surface area contributed by atoms with Gasteiger partial charge < -0.3 is 9.80 Å². The maximum absolute atomic E-state index is 3.48. The van der Waals surface area contributed by atoms with Gasteiger partial charge in [-0.3, -0.25) is 0 Å². The highest BCUT2D eigenvalue weighted by atomic mass is 28.1. The molecule has 1 aromatic carbocycles. The highest BCUT2D eigenvalue weighted by Gasteiger charge is 2.14. The lowest BCUT2D eigenvalue weighted by atomic mass is 10.0. The summed E-state index contributed by atoms with van der Waals surface area (Å²) in [5, 5.41) is 3.48. The summed E-state index contributed by atoms with van der Waals surface area (Å²) in [6.45, 7) is 3.70. The fourth-order valence-corrected chi connectivity index (χ4v) is 5.31. The Hall–Kier alpha value is -0.643. The van der Waals surface area contributed by atoms with Crippen LogP contribution in [-0.4, -0.2) is 48.1 Å². The molecule has 33 heavy (non-hydrogen) atoms. The first-order valence-electron chi connectivity index (χ1n) is 14.7. The van der Waals surface area contributed by atoms with Crippen molar-refractivity contribution < 1.29 is 4.48 Å². The van der Waals surface area contributed by atoms with Crippen molar-refractivity contribution in [2.24, 2.45) is 0 Å². The summed E-state index contributed by atoms with van der Waals surface area (Å²) in [6, 6.07) is 11.0. The minimum Gasteiger partial charge on any atom is -0.325 e. The predicted octanol–water partition coefficient (Wildman–Crippen LogP) is 7.20. The van der Waals surface area contributed by atoms with Crippen molar-refractivity contribution in [2.45, 2.75) is 122 Å². The van der Waals surface area contributed by atoms with Crippen molar-refractivity contribution in [3.05, 3.63) is 35.9 Å². The van der Waals surface area contributed by atoms with Crippen molar-refractivity contribution in [3.8, 4) is 0 Å². The minimum atomic E-state index is 1.11. The van der Waals surface area contributed by atoms with Crippen LogP contribution in [0.1, 0.15) is 121 Å². The number of rotatable bonds is 24. The van der Waals surface area contributed by atoms with Gasteiger partial charge in [-0.1, -0.05) is 127 Å². The summed E-state index contributed by atoms with van der Waals surface area (Å²) in [5.74, 6) is 0. The molecule has 0 radical (unpaired) electrons. The fourth-order valence-electron chi connectivity index (χ4n) is 4.95. The zero-order chi connectivity index (χ0) is 23.9. The summed E-state index contributed by atoms with van der Waals surface area (Å²) in [7, 11) is 6.05. The third-order valence-electron chi connectivity index (χ3n) is 7.07. The Labute approximate surface area is 211 Å². The van der Waals surface area contributed by atoms with Crippen molar-refractivity contribution in [3.63, 3.8) is 0 Å². The fraction of sp³-hybridized carbons (Fsp3) is 0.800. The molecular weight excluding hydrogens is 416 g/mol. The summed E-state index contributed by atoms with van der Waals surface area (Å²) < 4.78 is 1.11. The smallest absolute Gasteiger partial charge is 0.104 e. The number of nitrogens with one attached hydrogen (secondary N) is 1. The Kier molecular flexibility index (Phi) is 20.1. The molecule has 0 atom stereocenters. The van der Waals surface area contributed by atoms with Gasteiger partial charge >= 0.3 is 0 Å². The summed E-state index contributed by atoms with van der Waals surface area (Å²) in [4.78, 5) is 0. The van der Waals surface area contributed by atoms with E-state index in [2.05, 4.69) is 49.7 Å². The number of benzene rings is 1. The standard InChI is InChI=1S/C30H59N2Si/c1-32(2,28-30-24-20-19-21-25-30)27-23-18-16-14-12-10-8-6-4-3-5-7-9-11-13-15-17-22-26-31-29-33/h19-21,24-25,31H,3-18,22-23,26-29H2,1-2,33H3/q+1. The number of quaternary nitrogens is 1. The van der Waals surface area contributed by atoms with Crippen molar-refractivity contribution in [1.29, 1.82) is 0 Å². The van der Waals surface area contributed by atoms with Gasteiger partial charge in [-0.05, 0) is 32.0 Å².